The van der Waals surface area contributed by atoms with E-state index in [1.165, 1.54) is 23.9 Å². The molecule has 110 valence electrons. The van der Waals surface area contributed by atoms with Crippen molar-refractivity contribution in [1.29, 1.82) is 0 Å². The zero-order chi connectivity index (χ0) is 14.2. The van der Waals surface area contributed by atoms with E-state index in [9.17, 15) is 0 Å². The Morgan fingerprint density at radius 1 is 1.00 bits per heavy atom. The number of nitrogens with zero attached hydrogens (tertiary/aromatic N) is 2. The van der Waals surface area contributed by atoms with Crippen LogP contribution in [0, 0.1) is 0 Å². The van der Waals surface area contributed by atoms with Crippen molar-refractivity contribution in [3.63, 3.8) is 0 Å². The van der Waals surface area contributed by atoms with Gasteiger partial charge < -0.3 is 9.30 Å². The summed E-state index contributed by atoms with van der Waals surface area (Å²) in [5.74, 6) is 0. The minimum atomic E-state index is 0.895. The Bertz CT molecular complexity index is 500. The first-order chi connectivity index (χ1) is 9.93. The third-order valence-corrected chi connectivity index (χ3v) is 3.66. The van der Waals surface area contributed by atoms with E-state index in [2.05, 4.69) is 46.0 Å². The smallest absolute Gasteiger partial charge is 0.0594 e. The number of benzene rings is 1. The molecule has 0 saturated carbocycles. The molecule has 1 saturated heterocycles. The predicted molar refractivity (Wildman–Crippen MR) is 85.2 cm³/mol. The molecule has 20 heavy (non-hydrogen) atoms. The van der Waals surface area contributed by atoms with Gasteiger partial charge in [0.25, 0.3) is 0 Å². The standard InChI is InChI=1S/C15H20N2O.C2H6/c1-2-5-15-14(4-1)6-9-17(15)8-3-7-16-10-12-18-13-11-16;1-2/h1-2,4-6,9H,3,7-8,10-13H2;1-2H3. The summed E-state index contributed by atoms with van der Waals surface area (Å²) >= 11 is 0. The Balaban J connectivity index is 0.000000704. The highest BCUT2D eigenvalue weighted by Crippen LogP contribution is 2.15. The first-order valence-electron chi connectivity index (χ1n) is 7.77. The second-order valence-electron chi connectivity index (χ2n) is 4.88. The van der Waals surface area contributed by atoms with Gasteiger partial charge in [0, 0.05) is 37.9 Å². The molecule has 2 aromatic rings. The van der Waals surface area contributed by atoms with Crippen LogP contribution < -0.4 is 0 Å². The van der Waals surface area contributed by atoms with Crippen molar-refractivity contribution >= 4 is 10.9 Å². The van der Waals surface area contributed by atoms with E-state index < -0.39 is 0 Å². The summed E-state index contributed by atoms with van der Waals surface area (Å²) in [5, 5.41) is 1.34. The molecule has 0 unspecified atom stereocenters. The number of morpholine rings is 1. The van der Waals surface area contributed by atoms with Crippen molar-refractivity contribution in [3.05, 3.63) is 36.5 Å². The number of para-hydroxylation sites is 1. The lowest BCUT2D eigenvalue weighted by molar-refractivity contribution is 0.0370. The maximum atomic E-state index is 5.36. The largest absolute Gasteiger partial charge is 0.379 e. The quantitative estimate of drug-likeness (QED) is 0.850. The highest BCUT2D eigenvalue weighted by molar-refractivity contribution is 5.79. The predicted octanol–water partition coefficient (Wildman–Crippen LogP) is 3.39. The van der Waals surface area contributed by atoms with Crippen LogP contribution in [0.25, 0.3) is 10.9 Å². The number of aryl methyl sites for hydroxylation is 1. The lowest BCUT2D eigenvalue weighted by atomic mass is 10.2. The summed E-state index contributed by atoms with van der Waals surface area (Å²) in [6.07, 6.45) is 3.41. The fraction of sp³-hybridized carbons (Fsp3) is 0.529. The molecule has 3 heteroatoms. The summed E-state index contributed by atoms with van der Waals surface area (Å²) in [4.78, 5) is 2.50. The molecule has 0 atom stereocenters. The summed E-state index contributed by atoms with van der Waals surface area (Å²) < 4.78 is 7.72. The van der Waals surface area contributed by atoms with Gasteiger partial charge in [0.05, 0.1) is 13.2 Å². The minimum Gasteiger partial charge on any atom is -0.379 e. The maximum absolute atomic E-state index is 5.36. The van der Waals surface area contributed by atoms with Gasteiger partial charge in [-0.1, -0.05) is 32.0 Å². The maximum Gasteiger partial charge on any atom is 0.0594 e. The van der Waals surface area contributed by atoms with Gasteiger partial charge in [0.15, 0.2) is 0 Å². The number of fused-ring (bicyclic) bond motifs is 1. The molecule has 1 fully saturated rings. The first kappa shape index (κ1) is 15.1. The van der Waals surface area contributed by atoms with E-state index in [0.29, 0.717) is 0 Å². The van der Waals surface area contributed by atoms with Crippen molar-refractivity contribution in [1.82, 2.24) is 9.47 Å². The lowest BCUT2D eigenvalue weighted by Crippen LogP contribution is -2.37. The summed E-state index contributed by atoms with van der Waals surface area (Å²) in [5.41, 5.74) is 1.35. The normalized spacial score (nSPS) is 15.9. The van der Waals surface area contributed by atoms with Crippen molar-refractivity contribution in [3.8, 4) is 0 Å². The fourth-order valence-electron chi connectivity index (χ4n) is 2.63. The molecule has 1 aliphatic rings. The van der Waals surface area contributed by atoms with Gasteiger partial charge in [-0.15, -0.1) is 0 Å². The molecule has 1 aliphatic heterocycles. The van der Waals surface area contributed by atoms with Gasteiger partial charge in [-0.05, 0) is 23.9 Å². The van der Waals surface area contributed by atoms with Gasteiger partial charge in [0.1, 0.15) is 0 Å². The SMILES string of the molecule is CC.c1ccc2c(c1)ccn2CCCN1CCOCC1. The number of aromatic nitrogens is 1. The van der Waals surface area contributed by atoms with Gasteiger partial charge in [0.2, 0.25) is 0 Å². The summed E-state index contributed by atoms with van der Waals surface area (Å²) in [7, 11) is 0. The topological polar surface area (TPSA) is 17.4 Å². The molecular formula is C17H26N2O. The molecular weight excluding hydrogens is 248 g/mol. The van der Waals surface area contributed by atoms with Crippen LogP contribution >= 0.6 is 0 Å². The number of hydrogen-bond donors (Lipinski definition) is 0. The van der Waals surface area contributed by atoms with E-state index in [4.69, 9.17) is 4.74 Å². The zero-order valence-corrected chi connectivity index (χ0v) is 12.7. The Kier molecular flexibility index (Phi) is 6.09. The number of hydrogen-bond acceptors (Lipinski definition) is 2. The van der Waals surface area contributed by atoms with Crippen LogP contribution in [0.4, 0.5) is 0 Å². The van der Waals surface area contributed by atoms with Gasteiger partial charge in [-0.2, -0.15) is 0 Å². The molecule has 0 aliphatic carbocycles. The Labute approximate surface area is 122 Å². The number of rotatable bonds is 4. The molecule has 0 amide bonds. The van der Waals surface area contributed by atoms with Crippen molar-refractivity contribution in [2.75, 3.05) is 32.8 Å². The van der Waals surface area contributed by atoms with Gasteiger partial charge in [-0.25, -0.2) is 0 Å². The van der Waals surface area contributed by atoms with E-state index >= 15 is 0 Å². The molecule has 2 heterocycles. The summed E-state index contributed by atoms with van der Waals surface area (Å²) in [6.45, 7) is 10.2. The molecule has 0 bridgehead atoms. The highest BCUT2D eigenvalue weighted by atomic mass is 16.5. The lowest BCUT2D eigenvalue weighted by Gasteiger charge is -2.26. The zero-order valence-electron chi connectivity index (χ0n) is 12.7. The van der Waals surface area contributed by atoms with Crippen molar-refractivity contribution in [2.45, 2.75) is 26.8 Å². The third-order valence-electron chi connectivity index (χ3n) is 3.66. The molecule has 1 aromatic heterocycles. The minimum absolute atomic E-state index is 0.895. The molecule has 0 radical (unpaired) electrons. The average molecular weight is 274 g/mol. The van der Waals surface area contributed by atoms with Crippen LogP contribution in [0.15, 0.2) is 36.5 Å². The Morgan fingerprint density at radius 2 is 1.75 bits per heavy atom. The molecule has 0 N–H and O–H groups in total. The molecule has 0 spiro atoms. The van der Waals surface area contributed by atoms with Crippen LogP contribution in [0.5, 0.6) is 0 Å². The molecule has 1 aromatic carbocycles. The van der Waals surface area contributed by atoms with Crippen LogP contribution in [-0.2, 0) is 11.3 Å². The Morgan fingerprint density at radius 3 is 2.55 bits per heavy atom. The van der Waals surface area contributed by atoms with E-state index in [1.54, 1.807) is 0 Å². The van der Waals surface area contributed by atoms with Crippen molar-refractivity contribution < 1.29 is 4.74 Å². The second kappa shape index (κ2) is 8.08. The second-order valence-corrected chi connectivity index (χ2v) is 4.88. The first-order valence-corrected chi connectivity index (χ1v) is 7.77. The van der Waals surface area contributed by atoms with Crippen molar-refractivity contribution in [2.24, 2.45) is 0 Å². The summed E-state index contributed by atoms with van der Waals surface area (Å²) in [6, 6.07) is 10.8. The van der Waals surface area contributed by atoms with Crippen LogP contribution in [0.3, 0.4) is 0 Å². The van der Waals surface area contributed by atoms with E-state index in [-0.39, 0.29) is 0 Å². The molecule has 3 nitrogen and oxygen atoms in total. The fourth-order valence-corrected chi connectivity index (χ4v) is 2.63. The van der Waals surface area contributed by atoms with E-state index in [0.717, 1.165) is 32.8 Å². The highest BCUT2D eigenvalue weighted by Gasteiger charge is 2.09. The average Bonchev–Trinajstić information content (AvgIpc) is 2.94. The monoisotopic (exact) mass is 274 g/mol. The van der Waals surface area contributed by atoms with Crippen LogP contribution in [-0.4, -0.2) is 42.3 Å². The Hall–Kier alpha value is -1.32. The molecule has 3 rings (SSSR count). The van der Waals surface area contributed by atoms with Crippen LogP contribution in [0.1, 0.15) is 20.3 Å². The third kappa shape index (κ3) is 3.84. The number of ether oxygens (including phenoxy) is 1. The van der Waals surface area contributed by atoms with Gasteiger partial charge >= 0.3 is 0 Å². The van der Waals surface area contributed by atoms with Crippen LogP contribution in [0.2, 0.25) is 0 Å². The van der Waals surface area contributed by atoms with Gasteiger partial charge in [-0.3, -0.25) is 4.90 Å². The van der Waals surface area contributed by atoms with E-state index in [1.807, 2.05) is 13.8 Å².